The molecule has 0 amide bonds. The maximum absolute atomic E-state index is 12.7. The SMILES string of the molecule is Cc1c(N)cc(S(=O)(=O)F)cc1CN=[N+]=[N-]. The van der Waals surface area contributed by atoms with Gasteiger partial charge in [0, 0.05) is 10.6 Å². The summed E-state index contributed by atoms with van der Waals surface area (Å²) in [6.07, 6.45) is 0. The van der Waals surface area contributed by atoms with E-state index < -0.39 is 15.1 Å². The molecule has 0 heterocycles. The molecule has 6 nitrogen and oxygen atoms in total. The van der Waals surface area contributed by atoms with Crippen molar-refractivity contribution in [1.29, 1.82) is 0 Å². The van der Waals surface area contributed by atoms with Gasteiger partial charge in [-0.3, -0.25) is 0 Å². The molecule has 0 aromatic heterocycles. The molecule has 0 aliphatic carbocycles. The minimum atomic E-state index is -4.80. The van der Waals surface area contributed by atoms with Crippen LogP contribution in [0.15, 0.2) is 22.1 Å². The van der Waals surface area contributed by atoms with Crippen molar-refractivity contribution in [3.63, 3.8) is 0 Å². The molecule has 16 heavy (non-hydrogen) atoms. The summed E-state index contributed by atoms with van der Waals surface area (Å²) in [7, 11) is -4.80. The number of azide groups is 1. The predicted octanol–water partition coefficient (Wildman–Crippen LogP) is 2.05. The Hall–Kier alpha value is -1.79. The lowest BCUT2D eigenvalue weighted by Crippen LogP contribution is -2.00. The number of benzene rings is 1. The van der Waals surface area contributed by atoms with Gasteiger partial charge in [-0.05, 0) is 35.7 Å². The highest BCUT2D eigenvalue weighted by Gasteiger charge is 2.15. The topological polar surface area (TPSA) is 109 Å². The van der Waals surface area contributed by atoms with Gasteiger partial charge in [-0.15, -0.1) is 3.89 Å². The van der Waals surface area contributed by atoms with Crippen molar-refractivity contribution in [3.05, 3.63) is 33.7 Å². The van der Waals surface area contributed by atoms with E-state index in [0.29, 0.717) is 11.1 Å². The van der Waals surface area contributed by atoms with Crippen LogP contribution in [0.2, 0.25) is 0 Å². The zero-order valence-corrected chi connectivity index (χ0v) is 9.20. The van der Waals surface area contributed by atoms with Crippen molar-refractivity contribution in [2.24, 2.45) is 5.11 Å². The summed E-state index contributed by atoms with van der Waals surface area (Å²) < 4.78 is 34.1. The van der Waals surface area contributed by atoms with E-state index in [1.54, 1.807) is 6.92 Å². The first-order valence-corrected chi connectivity index (χ1v) is 5.59. The first kappa shape index (κ1) is 12.3. The molecule has 0 atom stereocenters. The van der Waals surface area contributed by atoms with E-state index in [4.69, 9.17) is 11.3 Å². The number of nitrogens with zero attached hydrogens (tertiary/aromatic N) is 3. The molecule has 0 radical (unpaired) electrons. The summed E-state index contributed by atoms with van der Waals surface area (Å²) in [5, 5.41) is 3.27. The molecule has 0 spiro atoms. The third kappa shape index (κ3) is 2.62. The summed E-state index contributed by atoms with van der Waals surface area (Å²) in [5.74, 6) is 0. The molecule has 1 aromatic carbocycles. The fourth-order valence-corrected chi connectivity index (χ4v) is 1.73. The molecule has 2 N–H and O–H groups in total. The number of nitrogens with two attached hydrogens (primary N) is 1. The lowest BCUT2D eigenvalue weighted by atomic mass is 10.1. The lowest BCUT2D eigenvalue weighted by molar-refractivity contribution is 0.552. The van der Waals surface area contributed by atoms with Crippen molar-refractivity contribution >= 4 is 15.9 Å². The van der Waals surface area contributed by atoms with E-state index in [1.165, 1.54) is 0 Å². The summed E-state index contributed by atoms with van der Waals surface area (Å²) in [5.41, 5.74) is 14.8. The van der Waals surface area contributed by atoms with Gasteiger partial charge in [-0.1, -0.05) is 5.11 Å². The number of anilines is 1. The summed E-state index contributed by atoms with van der Waals surface area (Å²) in [6, 6.07) is 2.14. The van der Waals surface area contributed by atoms with Gasteiger partial charge in [-0.2, -0.15) is 8.42 Å². The summed E-state index contributed by atoms with van der Waals surface area (Å²) >= 11 is 0. The molecule has 0 bridgehead atoms. The Morgan fingerprint density at radius 2 is 2.19 bits per heavy atom. The van der Waals surface area contributed by atoms with E-state index >= 15 is 0 Å². The van der Waals surface area contributed by atoms with Crippen LogP contribution >= 0.6 is 0 Å². The van der Waals surface area contributed by atoms with E-state index in [0.717, 1.165) is 12.1 Å². The van der Waals surface area contributed by atoms with Crippen molar-refractivity contribution < 1.29 is 12.3 Å². The second-order valence-electron chi connectivity index (χ2n) is 3.12. The third-order valence-corrected chi connectivity index (χ3v) is 2.91. The van der Waals surface area contributed by atoms with Crippen LogP contribution in [0.3, 0.4) is 0 Å². The predicted molar refractivity (Wildman–Crippen MR) is 56.7 cm³/mol. The number of rotatable bonds is 3. The minimum absolute atomic E-state index is 0.0735. The average molecular weight is 244 g/mol. The largest absolute Gasteiger partial charge is 0.398 e. The van der Waals surface area contributed by atoms with Crippen molar-refractivity contribution in [2.45, 2.75) is 18.4 Å². The Kier molecular flexibility index (Phi) is 3.36. The van der Waals surface area contributed by atoms with Crippen LogP contribution in [0, 0.1) is 6.92 Å². The molecular formula is C8H9FN4O2S. The first-order valence-electron chi connectivity index (χ1n) is 4.20. The standard InChI is InChI=1S/C8H9FN4O2S/c1-5-6(4-12-13-11)2-7(3-8(5)10)16(9,14)15/h2-3H,4,10H2,1H3. The number of hydrogen-bond donors (Lipinski definition) is 1. The third-order valence-electron chi connectivity index (χ3n) is 2.11. The highest BCUT2D eigenvalue weighted by Crippen LogP contribution is 2.24. The monoisotopic (exact) mass is 244 g/mol. The Morgan fingerprint density at radius 3 is 2.69 bits per heavy atom. The zero-order chi connectivity index (χ0) is 12.3. The quantitative estimate of drug-likeness (QED) is 0.289. The first-order chi connectivity index (χ1) is 7.36. The molecular weight excluding hydrogens is 235 g/mol. The second-order valence-corrected chi connectivity index (χ2v) is 4.47. The van der Waals surface area contributed by atoms with Gasteiger partial charge in [0.15, 0.2) is 0 Å². The van der Waals surface area contributed by atoms with Gasteiger partial charge in [0.1, 0.15) is 4.90 Å². The maximum atomic E-state index is 12.7. The molecule has 0 fully saturated rings. The maximum Gasteiger partial charge on any atom is 0.332 e. The Morgan fingerprint density at radius 1 is 1.56 bits per heavy atom. The van der Waals surface area contributed by atoms with E-state index in [2.05, 4.69) is 10.0 Å². The van der Waals surface area contributed by atoms with Gasteiger partial charge < -0.3 is 5.73 Å². The minimum Gasteiger partial charge on any atom is -0.398 e. The normalized spacial score (nSPS) is 10.9. The smallest absolute Gasteiger partial charge is 0.332 e. The fraction of sp³-hybridized carbons (Fsp3) is 0.250. The summed E-state index contributed by atoms with van der Waals surface area (Å²) in [4.78, 5) is 2.01. The number of halogens is 1. The van der Waals surface area contributed by atoms with Crippen LogP contribution in [-0.2, 0) is 16.8 Å². The number of hydrogen-bond acceptors (Lipinski definition) is 4. The van der Waals surface area contributed by atoms with Gasteiger partial charge in [-0.25, -0.2) is 0 Å². The molecule has 0 saturated heterocycles. The van der Waals surface area contributed by atoms with Gasteiger partial charge >= 0.3 is 10.2 Å². The second kappa shape index (κ2) is 4.38. The Bertz CT molecular complexity index is 564. The lowest BCUT2D eigenvalue weighted by Gasteiger charge is -2.07. The fourth-order valence-electron chi connectivity index (χ4n) is 1.18. The molecule has 0 aliphatic rings. The van der Waals surface area contributed by atoms with Crippen LogP contribution in [0.5, 0.6) is 0 Å². The van der Waals surface area contributed by atoms with E-state index in [9.17, 15) is 12.3 Å². The van der Waals surface area contributed by atoms with E-state index in [-0.39, 0.29) is 12.2 Å². The van der Waals surface area contributed by atoms with Gasteiger partial charge in [0.25, 0.3) is 0 Å². The van der Waals surface area contributed by atoms with Crippen molar-refractivity contribution in [1.82, 2.24) is 0 Å². The van der Waals surface area contributed by atoms with Crippen LogP contribution < -0.4 is 5.73 Å². The molecule has 86 valence electrons. The van der Waals surface area contributed by atoms with E-state index in [1.807, 2.05) is 0 Å². The summed E-state index contributed by atoms with van der Waals surface area (Å²) in [6.45, 7) is 1.56. The number of nitrogen functional groups attached to an aromatic ring is 1. The van der Waals surface area contributed by atoms with Gasteiger partial charge in [0.05, 0.1) is 6.54 Å². The van der Waals surface area contributed by atoms with Crippen LogP contribution in [0.4, 0.5) is 9.57 Å². The average Bonchev–Trinajstić information content (AvgIpc) is 2.18. The van der Waals surface area contributed by atoms with Crippen LogP contribution in [-0.4, -0.2) is 8.42 Å². The highest BCUT2D eigenvalue weighted by molar-refractivity contribution is 7.86. The molecule has 0 aliphatic heterocycles. The molecule has 0 unspecified atom stereocenters. The zero-order valence-electron chi connectivity index (χ0n) is 8.38. The molecule has 1 aromatic rings. The van der Waals surface area contributed by atoms with Crippen molar-refractivity contribution in [2.75, 3.05) is 5.73 Å². The molecule has 0 saturated carbocycles. The molecule has 8 heteroatoms. The van der Waals surface area contributed by atoms with Crippen molar-refractivity contribution in [3.8, 4) is 0 Å². The Balaban J connectivity index is 3.38. The highest BCUT2D eigenvalue weighted by atomic mass is 32.3. The van der Waals surface area contributed by atoms with Crippen LogP contribution in [0.25, 0.3) is 10.4 Å². The molecule has 1 rings (SSSR count). The Labute approximate surface area is 91.7 Å². The van der Waals surface area contributed by atoms with Crippen LogP contribution in [0.1, 0.15) is 11.1 Å². The van der Waals surface area contributed by atoms with Gasteiger partial charge in [0.2, 0.25) is 0 Å².